The van der Waals surface area contributed by atoms with Crippen molar-refractivity contribution in [1.29, 1.82) is 0 Å². The van der Waals surface area contributed by atoms with Gasteiger partial charge in [0.1, 0.15) is 5.82 Å². The number of hydrogen-bond acceptors (Lipinski definition) is 3. The maximum absolute atomic E-state index is 13.3. The first kappa shape index (κ1) is 16.1. The van der Waals surface area contributed by atoms with Crippen LogP contribution in [0.2, 0.25) is 0 Å². The van der Waals surface area contributed by atoms with Crippen LogP contribution < -0.4 is 0 Å². The quantitative estimate of drug-likeness (QED) is 0.617. The Labute approximate surface area is 115 Å². The van der Waals surface area contributed by atoms with Gasteiger partial charge in [-0.15, -0.1) is 0 Å². The fourth-order valence-corrected chi connectivity index (χ4v) is 2.02. The van der Waals surface area contributed by atoms with Crippen LogP contribution >= 0.6 is 0 Å². The van der Waals surface area contributed by atoms with Gasteiger partial charge >= 0.3 is 11.9 Å². The number of halogens is 2. The Hall–Kier alpha value is -1.98. The predicted octanol–water partition coefficient (Wildman–Crippen LogP) is 2.46. The first-order valence-electron chi connectivity index (χ1n) is 6.21. The van der Waals surface area contributed by atoms with Gasteiger partial charge in [0.25, 0.3) is 0 Å². The highest BCUT2D eigenvalue weighted by atomic mass is 19.1. The number of ether oxygens (including phenoxy) is 1. The number of alkyl halides is 1. The Balaban J connectivity index is 3.36. The second-order valence-corrected chi connectivity index (χ2v) is 4.23. The SMILES string of the molecule is CCOC(=O)C(CCCF)(C(=O)O)c1cccc(F)c1. The van der Waals surface area contributed by atoms with Crippen LogP contribution in [0.1, 0.15) is 25.3 Å². The van der Waals surface area contributed by atoms with Crippen molar-refractivity contribution >= 4 is 11.9 Å². The molecule has 6 heteroatoms. The van der Waals surface area contributed by atoms with Crippen molar-refractivity contribution in [1.82, 2.24) is 0 Å². The van der Waals surface area contributed by atoms with E-state index >= 15 is 0 Å². The molecule has 0 radical (unpaired) electrons. The molecule has 0 aliphatic heterocycles. The lowest BCUT2D eigenvalue weighted by Gasteiger charge is -2.27. The first-order chi connectivity index (χ1) is 9.48. The Bertz CT molecular complexity index is 490. The highest BCUT2D eigenvalue weighted by Gasteiger charge is 2.49. The van der Waals surface area contributed by atoms with Gasteiger partial charge in [0.15, 0.2) is 5.41 Å². The Morgan fingerprint density at radius 2 is 2.10 bits per heavy atom. The van der Waals surface area contributed by atoms with Gasteiger partial charge in [-0.05, 0) is 37.5 Å². The number of aliphatic carboxylic acids is 1. The summed E-state index contributed by atoms with van der Waals surface area (Å²) in [5.41, 5.74) is -2.12. The van der Waals surface area contributed by atoms with Gasteiger partial charge in [-0.25, -0.2) is 4.39 Å². The molecule has 1 N–H and O–H groups in total. The van der Waals surface area contributed by atoms with Crippen LogP contribution in [0.15, 0.2) is 24.3 Å². The van der Waals surface area contributed by atoms with Crippen LogP contribution in [0.5, 0.6) is 0 Å². The molecule has 0 amide bonds. The number of carboxylic acid groups (broad SMARTS) is 1. The Morgan fingerprint density at radius 3 is 2.60 bits per heavy atom. The summed E-state index contributed by atoms with van der Waals surface area (Å²) < 4.78 is 30.5. The maximum Gasteiger partial charge on any atom is 0.328 e. The fraction of sp³-hybridized carbons (Fsp3) is 0.429. The number of hydrogen-bond donors (Lipinski definition) is 1. The first-order valence-corrected chi connectivity index (χ1v) is 6.21. The average molecular weight is 286 g/mol. The van der Waals surface area contributed by atoms with Gasteiger partial charge in [-0.1, -0.05) is 12.1 Å². The molecule has 0 aromatic heterocycles. The lowest BCUT2D eigenvalue weighted by molar-refractivity contribution is -0.162. The fourth-order valence-electron chi connectivity index (χ4n) is 2.02. The summed E-state index contributed by atoms with van der Waals surface area (Å²) in [5.74, 6) is -3.15. The minimum Gasteiger partial charge on any atom is -0.480 e. The standard InChI is InChI=1S/C14H16F2O4/c1-2-20-13(19)14(12(17)18,7-4-8-15)10-5-3-6-11(16)9-10/h3,5-6,9H,2,4,7-8H2,1H3,(H,17,18). The molecule has 1 atom stereocenters. The third-order valence-corrected chi connectivity index (χ3v) is 2.99. The zero-order valence-corrected chi connectivity index (χ0v) is 11.1. The molecule has 0 heterocycles. The van der Waals surface area contributed by atoms with Crippen LogP contribution in [0.3, 0.4) is 0 Å². The van der Waals surface area contributed by atoms with E-state index in [1.54, 1.807) is 0 Å². The molecule has 20 heavy (non-hydrogen) atoms. The summed E-state index contributed by atoms with van der Waals surface area (Å²) in [4.78, 5) is 23.7. The van der Waals surface area contributed by atoms with Crippen molar-refractivity contribution in [3.8, 4) is 0 Å². The minimum absolute atomic E-state index is 0.0151. The molecule has 0 saturated carbocycles. The molecular weight excluding hydrogens is 270 g/mol. The van der Waals surface area contributed by atoms with Crippen LogP contribution in [0.4, 0.5) is 8.78 Å². The summed E-state index contributed by atoms with van der Waals surface area (Å²) >= 11 is 0. The summed E-state index contributed by atoms with van der Waals surface area (Å²) in [7, 11) is 0. The van der Waals surface area contributed by atoms with Crippen LogP contribution in [-0.4, -0.2) is 30.3 Å². The second-order valence-electron chi connectivity index (χ2n) is 4.23. The van der Waals surface area contributed by atoms with Gasteiger partial charge in [0.2, 0.25) is 0 Å². The van der Waals surface area contributed by atoms with Gasteiger partial charge in [-0.3, -0.25) is 14.0 Å². The Morgan fingerprint density at radius 1 is 1.40 bits per heavy atom. The van der Waals surface area contributed by atoms with Gasteiger partial charge in [0.05, 0.1) is 13.3 Å². The molecular formula is C14H16F2O4. The summed E-state index contributed by atoms with van der Waals surface area (Å²) in [6.45, 7) is 0.744. The lowest BCUT2D eigenvalue weighted by Crippen LogP contribution is -2.45. The lowest BCUT2D eigenvalue weighted by atomic mass is 9.76. The molecule has 0 fully saturated rings. The zero-order chi connectivity index (χ0) is 15.2. The number of benzene rings is 1. The van der Waals surface area contributed by atoms with E-state index in [4.69, 9.17) is 4.74 Å². The van der Waals surface area contributed by atoms with Crippen molar-refractivity contribution in [2.24, 2.45) is 0 Å². The number of esters is 1. The summed E-state index contributed by atoms with van der Waals surface area (Å²) in [5, 5.41) is 9.45. The average Bonchev–Trinajstić information content (AvgIpc) is 2.39. The van der Waals surface area contributed by atoms with E-state index in [0.717, 1.165) is 12.1 Å². The van der Waals surface area contributed by atoms with E-state index in [0.29, 0.717) is 0 Å². The largest absolute Gasteiger partial charge is 0.480 e. The highest BCUT2D eigenvalue weighted by molar-refractivity contribution is 6.05. The zero-order valence-electron chi connectivity index (χ0n) is 11.1. The molecule has 110 valence electrons. The van der Waals surface area contributed by atoms with Gasteiger partial charge < -0.3 is 9.84 Å². The number of carboxylic acids is 1. The van der Waals surface area contributed by atoms with E-state index in [2.05, 4.69) is 0 Å². The topological polar surface area (TPSA) is 63.6 Å². The van der Waals surface area contributed by atoms with Crippen LogP contribution in [0, 0.1) is 5.82 Å². The monoisotopic (exact) mass is 286 g/mol. The number of carbonyl (C=O) groups excluding carboxylic acids is 1. The van der Waals surface area contributed by atoms with Gasteiger partial charge in [-0.2, -0.15) is 0 Å². The van der Waals surface area contributed by atoms with E-state index in [1.807, 2.05) is 0 Å². The van der Waals surface area contributed by atoms with Crippen molar-refractivity contribution in [3.05, 3.63) is 35.6 Å². The molecule has 1 aromatic carbocycles. The molecule has 0 aliphatic carbocycles. The minimum atomic E-state index is -2.08. The smallest absolute Gasteiger partial charge is 0.328 e. The normalized spacial score (nSPS) is 13.6. The van der Waals surface area contributed by atoms with Crippen molar-refractivity contribution < 1.29 is 28.2 Å². The second kappa shape index (κ2) is 6.98. The predicted molar refractivity (Wildman–Crippen MR) is 67.6 cm³/mol. The van der Waals surface area contributed by atoms with E-state index in [1.165, 1.54) is 19.1 Å². The van der Waals surface area contributed by atoms with Crippen molar-refractivity contribution in [2.45, 2.75) is 25.2 Å². The highest BCUT2D eigenvalue weighted by Crippen LogP contribution is 2.32. The summed E-state index contributed by atoms with van der Waals surface area (Å²) in [6.07, 6.45) is -0.428. The molecule has 0 bridgehead atoms. The van der Waals surface area contributed by atoms with Crippen molar-refractivity contribution in [2.75, 3.05) is 13.3 Å². The molecule has 1 aromatic rings. The molecule has 0 saturated heterocycles. The van der Waals surface area contributed by atoms with Crippen LogP contribution in [0.25, 0.3) is 0 Å². The number of rotatable bonds is 7. The van der Waals surface area contributed by atoms with Crippen LogP contribution in [-0.2, 0) is 19.7 Å². The molecule has 1 rings (SSSR count). The molecule has 0 aliphatic rings. The van der Waals surface area contributed by atoms with E-state index < -0.39 is 29.8 Å². The third kappa shape index (κ3) is 3.12. The van der Waals surface area contributed by atoms with E-state index in [9.17, 15) is 23.5 Å². The number of carbonyl (C=O) groups is 2. The molecule has 0 spiro atoms. The van der Waals surface area contributed by atoms with Crippen molar-refractivity contribution in [3.63, 3.8) is 0 Å². The summed E-state index contributed by atoms with van der Waals surface area (Å²) in [6, 6.07) is 4.73. The van der Waals surface area contributed by atoms with Gasteiger partial charge in [0, 0.05) is 0 Å². The Kier molecular flexibility index (Phi) is 5.61. The van der Waals surface area contributed by atoms with E-state index in [-0.39, 0.29) is 25.0 Å². The molecule has 1 unspecified atom stereocenters. The molecule has 4 nitrogen and oxygen atoms in total. The third-order valence-electron chi connectivity index (χ3n) is 2.99. The maximum atomic E-state index is 13.3.